The molecule has 2 N–H and O–H groups in total. The second-order valence-electron chi connectivity index (χ2n) is 6.77. The van der Waals surface area contributed by atoms with Crippen molar-refractivity contribution in [1.82, 2.24) is 0 Å². The van der Waals surface area contributed by atoms with Crippen LogP contribution in [0.15, 0.2) is 23.1 Å². The van der Waals surface area contributed by atoms with Gasteiger partial charge in [0.15, 0.2) is 0 Å². The van der Waals surface area contributed by atoms with E-state index in [-0.39, 0.29) is 11.5 Å². The lowest BCUT2D eigenvalue weighted by Gasteiger charge is -2.32. The number of ether oxygens (including phenoxy) is 1. The van der Waals surface area contributed by atoms with Crippen molar-refractivity contribution >= 4 is 28.6 Å². The summed E-state index contributed by atoms with van der Waals surface area (Å²) in [5.74, 6) is -0.439. The van der Waals surface area contributed by atoms with E-state index < -0.39 is 34.3 Å². The smallest absolute Gasteiger partial charge is 0.461 e. The van der Waals surface area contributed by atoms with Gasteiger partial charge in [0.2, 0.25) is 10.0 Å². The van der Waals surface area contributed by atoms with Crippen molar-refractivity contribution in [2.75, 3.05) is 0 Å². The minimum atomic E-state index is -3.88. The maximum Gasteiger partial charge on any atom is 0.495 e. The Bertz CT molecular complexity index is 743. The molecule has 1 heterocycles. The molecule has 1 aromatic carbocycles. The summed E-state index contributed by atoms with van der Waals surface area (Å²) in [7, 11) is -4.67. The average molecular weight is 355 g/mol. The van der Waals surface area contributed by atoms with Crippen LogP contribution in [0.25, 0.3) is 0 Å². The first-order valence-electron chi connectivity index (χ1n) is 7.48. The molecule has 0 aliphatic carbocycles. The van der Waals surface area contributed by atoms with Crippen LogP contribution in [0.5, 0.6) is 0 Å². The summed E-state index contributed by atoms with van der Waals surface area (Å²) in [6.45, 7) is 8.85. The fourth-order valence-corrected chi connectivity index (χ4v) is 2.80. The van der Waals surface area contributed by atoms with E-state index in [1.807, 2.05) is 27.7 Å². The molecule has 1 fully saturated rings. The van der Waals surface area contributed by atoms with Gasteiger partial charge in [0.1, 0.15) is 6.61 Å². The summed E-state index contributed by atoms with van der Waals surface area (Å²) in [6.07, 6.45) is 0. The first kappa shape index (κ1) is 18.9. The fraction of sp³-hybridized carbons (Fsp3) is 0.533. The molecule has 0 radical (unpaired) electrons. The van der Waals surface area contributed by atoms with Crippen molar-refractivity contribution in [2.45, 2.75) is 57.3 Å². The van der Waals surface area contributed by atoms with Gasteiger partial charge in [0, 0.05) is 6.92 Å². The number of primary sulfonamides is 1. The topological polar surface area (TPSA) is 105 Å². The number of carbonyl (C=O) groups excluding carboxylic acids is 1. The molecule has 0 saturated carbocycles. The van der Waals surface area contributed by atoms with Gasteiger partial charge in [0.25, 0.3) is 0 Å². The molecule has 7 nitrogen and oxygen atoms in total. The van der Waals surface area contributed by atoms with Gasteiger partial charge in [-0.2, -0.15) is 0 Å². The number of hydrogen-bond donors (Lipinski definition) is 1. The van der Waals surface area contributed by atoms with E-state index in [0.29, 0.717) is 11.0 Å². The summed E-state index contributed by atoms with van der Waals surface area (Å²) in [5, 5.41) is 5.21. The Hall–Kier alpha value is -1.42. The van der Waals surface area contributed by atoms with E-state index in [2.05, 4.69) is 0 Å². The normalized spacial score (nSPS) is 19.3. The Balaban J connectivity index is 2.47. The van der Waals surface area contributed by atoms with Gasteiger partial charge < -0.3 is 14.0 Å². The van der Waals surface area contributed by atoms with Gasteiger partial charge in [-0.1, -0.05) is 6.07 Å². The monoisotopic (exact) mass is 355 g/mol. The van der Waals surface area contributed by atoms with Gasteiger partial charge >= 0.3 is 13.1 Å². The number of sulfonamides is 1. The van der Waals surface area contributed by atoms with E-state index in [9.17, 15) is 13.2 Å². The lowest BCUT2D eigenvalue weighted by molar-refractivity contribution is -0.142. The van der Waals surface area contributed by atoms with E-state index in [0.717, 1.165) is 0 Å². The number of carbonyl (C=O) groups is 1. The molecule has 24 heavy (non-hydrogen) atoms. The molecule has 2 rings (SSSR count). The molecule has 0 bridgehead atoms. The zero-order chi connectivity index (χ0) is 18.3. The first-order valence-corrected chi connectivity index (χ1v) is 9.03. The Morgan fingerprint density at radius 3 is 2.21 bits per heavy atom. The zero-order valence-corrected chi connectivity index (χ0v) is 15.3. The molecule has 0 spiro atoms. The second kappa shape index (κ2) is 6.14. The number of nitrogens with two attached hydrogens (primary N) is 1. The van der Waals surface area contributed by atoms with Crippen molar-refractivity contribution in [3.63, 3.8) is 0 Å². The van der Waals surface area contributed by atoms with Crippen LogP contribution >= 0.6 is 0 Å². The molecule has 132 valence electrons. The van der Waals surface area contributed by atoms with Crippen LogP contribution < -0.4 is 10.6 Å². The Labute approximate surface area is 142 Å². The van der Waals surface area contributed by atoms with Crippen molar-refractivity contribution in [1.29, 1.82) is 0 Å². The largest absolute Gasteiger partial charge is 0.495 e. The maximum absolute atomic E-state index is 11.6. The zero-order valence-electron chi connectivity index (χ0n) is 14.5. The molecule has 0 amide bonds. The van der Waals surface area contributed by atoms with Crippen molar-refractivity contribution < 1.29 is 27.3 Å². The minimum Gasteiger partial charge on any atom is -0.461 e. The summed E-state index contributed by atoms with van der Waals surface area (Å²) < 4.78 is 40.2. The van der Waals surface area contributed by atoms with Crippen LogP contribution in [0, 0.1) is 0 Å². The van der Waals surface area contributed by atoms with Gasteiger partial charge in [-0.05, 0) is 50.9 Å². The van der Waals surface area contributed by atoms with E-state index in [1.54, 1.807) is 6.07 Å². The molecule has 0 unspecified atom stereocenters. The average Bonchev–Trinajstić information content (AvgIpc) is 2.63. The Kier molecular flexibility index (Phi) is 4.84. The third-order valence-electron chi connectivity index (χ3n) is 4.38. The standard InChI is InChI=1S/C15H22BNO6S/c1-10(18)21-9-11-6-7-12(24(17,19)20)8-13(11)16-22-14(2,3)15(4,5)23-16/h6-8H,9H2,1-5H3,(H2,17,19,20). The summed E-state index contributed by atoms with van der Waals surface area (Å²) in [4.78, 5) is 11.0. The first-order chi connectivity index (χ1) is 10.8. The highest BCUT2D eigenvalue weighted by Crippen LogP contribution is 2.36. The van der Waals surface area contributed by atoms with Gasteiger partial charge in [-0.25, -0.2) is 13.6 Å². The number of benzene rings is 1. The maximum atomic E-state index is 11.6. The number of rotatable bonds is 4. The van der Waals surface area contributed by atoms with Crippen LogP contribution in [0.3, 0.4) is 0 Å². The number of hydrogen-bond acceptors (Lipinski definition) is 6. The van der Waals surface area contributed by atoms with Crippen molar-refractivity contribution in [2.24, 2.45) is 5.14 Å². The lowest BCUT2D eigenvalue weighted by Crippen LogP contribution is -2.41. The van der Waals surface area contributed by atoms with Gasteiger partial charge in [0.05, 0.1) is 16.1 Å². The summed E-state index contributed by atoms with van der Waals surface area (Å²) in [5.41, 5.74) is -0.111. The molecule has 1 aliphatic rings. The van der Waals surface area contributed by atoms with Crippen LogP contribution in [0.4, 0.5) is 0 Å². The van der Waals surface area contributed by atoms with Crippen LogP contribution in [-0.2, 0) is 35.5 Å². The van der Waals surface area contributed by atoms with Crippen LogP contribution in [0.1, 0.15) is 40.2 Å². The molecule has 9 heteroatoms. The van der Waals surface area contributed by atoms with Crippen LogP contribution in [-0.4, -0.2) is 32.7 Å². The molecular weight excluding hydrogens is 333 g/mol. The lowest BCUT2D eigenvalue weighted by atomic mass is 9.76. The molecule has 1 aliphatic heterocycles. The minimum absolute atomic E-state index is 0.0142. The third kappa shape index (κ3) is 3.80. The molecule has 0 aromatic heterocycles. The summed E-state index contributed by atoms with van der Waals surface area (Å²) >= 11 is 0. The van der Waals surface area contributed by atoms with E-state index in [1.165, 1.54) is 19.1 Å². The molecule has 1 saturated heterocycles. The predicted octanol–water partition coefficient (Wildman–Crippen LogP) is 0.696. The van der Waals surface area contributed by atoms with E-state index >= 15 is 0 Å². The quantitative estimate of drug-likeness (QED) is 0.630. The highest BCUT2D eigenvalue weighted by molar-refractivity contribution is 7.89. The van der Waals surface area contributed by atoms with E-state index in [4.69, 9.17) is 19.2 Å². The third-order valence-corrected chi connectivity index (χ3v) is 5.29. The highest BCUT2D eigenvalue weighted by atomic mass is 32.2. The van der Waals surface area contributed by atoms with Gasteiger partial charge in [-0.3, -0.25) is 4.79 Å². The summed E-state index contributed by atoms with van der Waals surface area (Å²) in [6, 6.07) is 4.31. The Morgan fingerprint density at radius 2 is 1.75 bits per heavy atom. The molecule has 0 atom stereocenters. The van der Waals surface area contributed by atoms with Crippen molar-refractivity contribution in [3.05, 3.63) is 23.8 Å². The molecule has 1 aromatic rings. The Morgan fingerprint density at radius 1 is 1.21 bits per heavy atom. The predicted molar refractivity (Wildman–Crippen MR) is 89.0 cm³/mol. The second-order valence-corrected chi connectivity index (χ2v) is 8.34. The highest BCUT2D eigenvalue weighted by Gasteiger charge is 2.52. The van der Waals surface area contributed by atoms with Crippen LogP contribution in [0.2, 0.25) is 0 Å². The van der Waals surface area contributed by atoms with Gasteiger partial charge in [-0.15, -0.1) is 0 Å². The fourth-order valence-electron chi connectivity index (χ4n) is 2.25. The van der Waals surface area contributed by atoms with Crippen molar-refractivity contribution in [3.8, 4) is 0 Å². The molecular formula is C15H22BNO6S. The SMILES string of the molecule is CC(=O)OCc1ccc(S(N)(=O)=O)cc1B1OC(C)(C)C(C)(C)O1. The number of esters is 1.